The molecule has 1 atom stereocenters. The van der Waals surface area contributed by atoms with Crippen LogP contribution in [0.2, 0.25) is 0 Å². The van der Waals surface area contributed by atoms with E-state index in [4.69, 9.17) is 0 Å². The van der Waals surface area contributed by atoms with Crippen molar-refractivity contribution in [2.24, 2.45) is 0 Å². The molecule has 1 heterocycles. The first-order chi connectivity index (χ1) is 11.6. The minimum atomic E-state index is -0.556. The minimum Gasteiger partial charge on any atom is -0.343 e. The number of nitrogens with one attached hydrogen (secondary N) is 1. The quantitative estimate of drug-likeness (QED) is 0.918. The Morgan fingerprint density at radius 2 is 1.83 bits per heavy atom. The second-order valence-corrected chi connectivity index (χ2v) is 5.86. The number of hydrogen-bond acceptors (Lipinski definition) is 2. The Bertz CT molecular complexity index is 733. The summed E-state index contributed by atoms with van der Waals surface area (Å²) in [5.74, 6) is -0.941. The lowest BCUT2D eigenvalue weighted by molar-refractivity contribution is -0.128. The monoisotopic (exact) mass is 326 g/mol. The molecule has 3 rings (SSSR count). The molecule has 0 aliphatic carbocycles. The van der Waals surface area contributed by atoms with Crippen LogP contribution in [0.1, 0.15) is 34.8 Å². The zero-order chi connectivity index (χ0) is 16.9. The highest BCUT2D eigenvalue weighted by Crippen LogP contribution is 2.19. The van der Waals surface area contributed by atoms with Crippen LogP contribution in [-0.2, 0) is 4.79 Å². The van der Waals surface area contributed by atoms with Crippen LogP contribution in [0.25, 0.3) is 0 Å². The lowest BCUT2D eigenvalue weighted by Gasteiger charge is -2.25. The fourth-order valence-corrected chi connectivity index (χ4v) is 2.92. The summed E-state index contributed by atoms with van der Waals surface area (Å²) in [6.45, 7) is 1.08. The van der Waals surface area contributed by atoms with E-state index < -0.39 is 11.7 Å². The molecule has 2 amide bonds. The smallest absolute Gasteiger partial charge is 0.254 e. The number of halogens is 1. The van der Waals surface area contributed by atoms with Crippen LogP contribution < -0.4 is 5.32 Å². The van der Waals surface area contributed by atoms with Gasteiger partial charge < -0.3 is 10.2 Å². The SMILES string of the molecule is O=C(N[C@H](CN1CCCC1=O)c1ccccc1)c1ccccc1F. The Labute approximate surface area is 140 Å². The zero-order valence-corrected chi connectivity index (χ0v) is 13.2. The topological polar surface area (TPSA) is 49.4 Å². The maximum Gasteiger partial charge on any atom is 0.254 e. The van der Waals surface area contributed by atoms with E-state index in [1.165, 1.54) is 12.1 Å². The number of carbonyl (C=O) groups is 2. The number of carbonyl (C=O) groups excluding carboxylic acids is 2. The molecule has 1 aliphatic heterocycles. The molecule has 1 saturated heterocycles. The van der Waals surface area contributed by atoms with E-state index >= 15 is 0 Å². The van der Waals surface area contributed by atoms with Crippen LogP contribution in [-0.4, -0.2) is 29.8 Å². The molecule has 0 aromatic heterocycles. The van der Waals surface area contributed by atoms with Crippen LogP contribution in [0.15, 0.2) is 54.6 Å². The zero-order valence-electron chi connectivity index (χ0n) is 13.2. The number of likely N-dealkylation sites (tertiary alicyclic amines) is 1. The third kappa shape index (κ3) is 3.62. The van der Waals surface area contributed by atoms with Crippen molar-refractivity contribution in [2.75, 3.05) is 13.1 Å². The second-order valence-electron chi connectivity index (χ2n) is 5.86. The van der Waals surface area contributed by atoms with E-state index in [1.54, 1.807) is 17.0 Å². The van der Waals surface area contributed by atoms with Crippen LogP contribution >= 0.6 is 0 Å². The average molecular weight is 326 g/mol. The van der Waals surface area contributed by atoms with Crippen LogP contribution in [0, 0.1) is 5.82 Å². The standard InChI is InChI=1S/C19H19FN2O2/c20-16-10-5-4-9-15(16)19(24)21-17(14-7-2-1-3-8-14)13-22-12-6-11-18(22)23/h1-5,7-10,17H,6,11-13H2,(H,21,24)/t17-/m1/s1. The first-order valence-electron chi connectivity index (χ1n) is 8.03. The van der Waals surface area contributed by atoms with E-state index in [1.807, 2.05) is 30.3 Å². The number of benzene rings is 2. The van der Waals surface area contributed by atoms with Crippen LogP contribution in [0.5, 0.6) is 0 Å². The van der Waals surface area contributed by atoms with Gasteiger partial charge in [0.1, 0.15) is 5.82 Å². The number of rotatable bonds is 5. The summed E-state index contributed by atoms with van der Waals surface area (Å²) in [5.41, 5.74) is 0.896. The predicted octanol–water partition coefficient (Wildman–Crippen LogP) is 2.92. The summed E-state index contributed by atoms with van der Waals surface area (Å²) >= 11 is 0. The summed E-state index contributed by atoms with van der Waals surface area (Å²) in [6, 6.07) is 14.9. The molecule has 1 fully saturated rings. The molecule has 2 aromatic rings. The van der Waals surface area contributed by atoms with Gasteiger partial charge in [-0.25, -0.2) is 4.39 Å². The van der Waals surface area contributed by atoms with E-state index in [-0.39, 0.29) is 17.5 Å². The van der Waals surface area contributed by atoms with Gasteiger partial charge in [0.15, 0.2) is 0 Å². The molecule has 0 radical (unpaired) electrons. The summed E-state index contributed by atoms with van der Waals surface area (Å²) in [6.07, 6.45) is 1.38. The van der Waals surface area contributed by atoms with Crippen molar-refractivity contribution in [3.8, 4) is 0 Å². The lowest BCUT2D eigenvalue weighted by atomic mass is 10.1. The van der Waals surface area contributed by atoms with Crippen molar-refractivity contribution in [1.82, 2.24) is 10.2 Å². The van der Waals surface area contributed by atoms with Crippen molar-refractivity contribution >= 4 is 11.8 Å². The Morgan fingerprint density at radius 1 is 1.12 bits per heavy atom. The second kappa shape index (κ2) is 7.25. The molecular weight excluding hydrogens is 307 g/mol. The van der Waals surface area contributed by atoms with Crippen molar-refractivity contribution < 1.29 is 14.0 Å². The van der Waals surface area contributed by atoms with Gasteiger partial charge in [-0.1, -0.05) is 42.5 Å². The molecule has 0 bridgehead atoms. The highest BCUT2D eigenvalue weighted by atomic mass is 19.1. The molecule has 4 nitrogen and oxygen atoms in total. The third-order valence-electron chi connectivity index (χ3n) is 4.20. The minimum absolute atomic E-state index is 0.00572. The molecule has 0 saturated carbocycles. The Hall–Kier alpha value is -2.69. The molecular formula is C19H19FN2O2. The molecule has 124 valence electrons. The fourth-order valence-electron chi connectivity index (χ4n) is 2.92. The van der Waals surface area contributed by atoms with Gasteiger partial charge in [0.2, 0.25) is 5.91 Å². The van der Waals surface area contributed by atoms with Crippen LogP contribution in [0.4, 0.5) is 4.39 Å². The summed E-state index contributed by atoms with van der Waals surface area (Å²) in [4.78, 5) is 26.1. The molecule has 0 unspecified atom stereocenters. The molecule has 2 aromatic carbocycles. The highest BCUT2D eigenvalue weighted by Gasteiger charge is 2.26. The average Bonchev–Trinajstić information content (AvgIpc) is 3.00. The third-order valence-corrected chi connectivity index (χ3v) is 4.20. The molecule has 1 N–H and O–H groups in total. The van der Waals surface area contributed by atoms with Gasteiger partial charge in [0.25, 0.3) is 5.91 Å². The van der Waals surface area contributed by atoms with Crippen molar-refractivity contribution in [1.29, 1.82) is 0 Å². The van der Waals surface area contributed by atoms with Gasteiger partial charge in [0.05, 0.1) is 11.6 Å². The van der Waals surface area contributed by atoms with Gasteiger partial charge >= 0.3 is 0 Å². The predicted molar refractivity (Wildman–Crippen MR) is 88.9 cm³/mol. The van der Waals surface area contributed by atoms with E-state index in [0.717, 1.165) is 12.0 Å². The largest absolute Gasteiger partial charge is 0.343 e. The maximum absolute atomic E-state index is 13.8. The van der Waals surface area contributed by atoms with Gasteiger partial charge in [-0.15, -0.1) is 0 Å². The number of amides is 2. The molecule has 1 aliphatic rings. The lowest BCUT2D eigenvalue weighted by Crippen LogP contribution is -2.38. The first-order valence-corrected chi connectivity index (χ1v) is 8.03. The van der Waals surface area contributed by atoms with Gasteiger partial charge in [-0.2, -0.15) is 0 Å². The van der Waals surface area contributed by atoms with E-state index in [2.05, 4.69) is 5.32 Å². The molecule has 5 heteroatoms. The van der Waals surface area contributed by atoms with Crippen molar-refractivity contribution in [2.45, 2.75) is 18.9 Å². The van der Waals surface area contributed by atoms with E-state index in [0.29, 0.717) is 19.5 Å². The normalized spacial score (nSPS) is 15.4. The molecule has 24 heavy (non-hydrogen) atoms. The Kier molecular flexibility index (Phi) is 4.89. The van der Waals surface area contributed by atoms with Gasteiger partial charge in [-0.05, 0) is 24.1 Å². The Morgan fingerprint density at radius 3 is 2.50 bits per heavy atom. The van der Waals surface area contributed by atoms with Crippen LogP contribution in [0.3, 0.4) is 0 Å². The molecule has 0 spiro atoms. The highest BCUT2D eigenvalue weighted by molar-refractivity contribution is 5.94. The van der Waals surface area contributed by atoms with Crippen molar-refractivity contribution in [3.63, 3.8) is 0 Å². The van der Waals surface area contributed by atoms with E-state index in [9.17, 15) is 14.0 Å². The fraction of sp³-hybridized carbons (Fsp3) is 0.263. The summed E-state index contributed by atoms with van der Waals surface area (Å²) in [5, 5.41) is 2.87. The summed E-state index contributed by atoms with van der Waals surface area (Å²) < 4.78 is 13.8. The van der Waals surface area contributed by atoms with Gasteiger partial charge in [0, 0.05) is 19.5 Å². The Balaban J connectivity index is 1.81. The summed E-state index contributed by atoms with van der Waals surface area (Å²) in [7, 11) is 0. The van der Waals surface area contributed by atoms with Gasteiger partial charge in [-0.3, -0.25) is 9.59 Å². The number of nitrogens with zero attached hydrogens (tertiary/aromatic N) is 1. The first kappa shape index (κ1) is 16.2. The number of hydrogen-bond donors (Lipinski definition) is 1. The van der Waals surface area contributed by atoms with Crippen molar-refractivity contribution in [3.05, 3.63) is 71.5 Å². The maximum atomic E-state index is 13.8.